The number of hydrogen-bond acceptors (Lipinski definition) is 2. The Morgan fingerprint density at radius 2 is 2.00 bits per heavy atom. The molecule has 1 aromatic heterocycles. The van der Waals surface area contributed by atoms with Gasteiger partial charge in [0.2, 0.25) is 0 Å². The minimum absolute atomic E-state index is 0.138. The topological polar surface area (TPSA) is 40.7 Å². The highest BCUT2D eigenvalue weighted by atomic mass is 79.9. The molecule has 1 heterocycles. The first kappa shape index (κ1) is 15.3. The second-order valence-electron chi connectivity index (χ2n) is 6.16. The van der Waals surface area contributed by atoms with Gasteiger partial charge in [-0.3, -0.25) is 0 Å². The summed E-state index contributed by atoms with van der Waals surface area (Å²) < 4.78 is 0.942. The van der Waals surface area contributed by atoms with E-state index in [9.17, 15) is 0 Å². The first-order valence-corrected chi connectivity index (χ1v) is 7.62. The standard InChI is InChI=1S/C16H22BrN3/c1-10-6-7-11(16(2,3)4)8-12(10)14-15(17)20-13(19-14)9-18-5/h6-8,18H,9H2,1-5H3,(H,19,20). The molecule has 0 unspecified atom stereocenters. The largest absolute Gasteiger partial charge is 0.335 e. The van der Waals surface area contributed by atoms with Gasteiger partial charge in [0.15, 0.2) is 0 Å². The van der Waals surface area contributed by atoms with Crippen LogP contribution in [-0.4, -0.2) is 17.0 Å². The zero-order valence-corrected chi connectivity index (χ0v) is 14.4. The Morgan fingerprint density at radius 1 is 1.30 bits per heavy atom. The molecule has 2 aromatic rings. The van der Waals surface area contributed by atoms with Crippen LogP contribution in [0.3, 0.4) is 0 Å². The number of nitrogens with one attached hydrogen (secondary N) is 2. The maximum atomic E-state index is 4.69. The van der Waals surface area contributed by atoms with Crippen molar-refractivity contribution < 1.29 is 0 Å². The van der Waals surface area contributed by atoms with Gasteiger partial charge in [-0.15, -0.1) is 0 Å². The van der Waals surface area contributed by atoms with Gasteiger partial charge in [-0.1, -0.05) is 32.9 Å². The molecule has 3 nitrogen and oxygen atoms in total. The summed E-state index contributed by atoms with van der Waals surface area (Å²) >= 11 is 3.59. The predicted molar refractivity (Wildman–Crippen MR) is 87.9 cm³/mol. The molecular formula is C16H22BrN3. The van der Waals surface area contributed by atoms with Gasteiger partial charge < -0.3 is 10.3 Å². The van der Waals surface area contributed by atoms with Crippen LogP contribution in [-0.2, 0) is 12.0 Å². The number of aromatic amines is 1. The number of aryl methyl sites for hydroxylation is 1. The lowest BCUT2D eigenvalue weighted by Gasteiger charge is -2.20. The molecule has 0 saturated carbocycles. The lowest BCUT2D eigenvalue weighted by molar-refractivity contribution is 0.590. The minimum Gasteiger partial charge on any atom is -0.335 e. The summed E-state index contributed by atoms with van der Waals surface area (Å²) in [6, 6.07) is 6.63. The van der Waals surface area contributed by atoms with Crippen LogP contribution in [0, 0.1) is 6.92 Å². The van der Waals surface area contributed by atoms with E-state index in [0.717, 1.165) is 22.7 Å². The molecule has 0 radical (unpaired) electrons. The number of nitrogens with zero attached hydrogens (tertiary/aromatic N) is 1. The predicted octanol–water partition coefficient (Wildman–Crippen LogP) is 4.16. The summed E-state index contributed by atoms with van der Waals surface area (Å²) in [4.78, 5) is 7.96. The zero-order chi connectivity index (χ0) is 14.9. The van der Waals surface area contributed by atoms with E-state index in [4.69, 9.17) is 0 Å². The summed E-state index contributed by atoms with van der Waals surface area (Å²) in [5.74, 6) is 0.940. The molecule has 4 heteroatoms. The van der Waals surface area contributed by atoms with Crippen LogP contribution < -0.4 is 5.32 Å². The molecule has 0 amide bonds. The maximum absolute atomic E-state index is 4.69. The number of halogens is 1. The first-order valence-electron chi connectivity index (χ1n) is 6.83. The van der Waals surface area contributed by atoms with Crippen molar-refractivity contribution in [1.82, 2.24) is 15.3 Å². The Labute approximate surface area is 129 Å². The molecule has 2 rings (SSSR count). The Kier molecular flexibility index (Phi) is 4.35. The number of benzene rings is 1. The zero-order valence-electron chi connectivity index (χ0n) is 12.8. The Balaban J connectivity index is 2.51. The molecule has 0 bridgehead atoms. The fourth-order valence-corrected chi connectivity index (χ4v) is 2.70. The fourth-order valence-electron chi connectivity index (χ4n) is 2.17. The smallest absolute Gasteiger partial charge is 0.121 e. The van der Waals surface area contributed by atoms with Crippen LogP contribution in [0.15, 0.2) is 22.8 Å². The summed E-state index contributed by atoms with van der Waals surface area (Å²) in [5, 5.41) is 3.11. The van der Waals surface area contributed by atoms with Gasteiger partial charge in [0, 0.05) is 5.56 Å². The number of H-pyrrole nitrogens is 1. The third kappa shape index (κ3) is 3.13. The van der Waals surface area contributed by atoms with Crippen LogP contribution in [0.5, 0.6) is 0 Å². The van der Waals surface area contributed by atoms with Gasteiger partial charge in [-0.2, -0.15) is 0 Å². The average molecular weight is 336 g/mol. The average Bonchev–Trinajstić information content (AvgIpc) is 2.70. The number of rotatable bonds is 3. The van der Waals surface area contributed by atoms with E-state index in [1.165, 1.54) is 16.7 Å². The number of hydrogen-bond donors (Lipinski definition) is 2. The Bertz CT molecular complexity index is 609. The van der Waals surface area contributed by atoms with Crippen molar-refractivity contribution in [2.24, 2.45) is 0 Å². The van der Waals surface area contributed by atoms with Gasteiger partial charge in [0.05, 0.1) is 6.54 Å². The van der Waals surface area contributed by atoms with Crippen LogP contribution in [0.25, 0.3) is 11.3 Å². The van der Waals surface area contributed by atoms with Gasteiger partial charge in [-0.05, 0) is 52.5 Å². The van der Waals surface area contributed by atoms with E-state index < -0.39 is 0 Å². The quantitative estimate of drug-likeness (QED) is 0.883. The summed E-state index contributed by atoms with van der Waals surface area (Å²) in [7, 11) is 1.92. The molecule has 0 aliphatic carbocycles. The van der Waals surface area contributed by atoms with Gasteiger partial charge >= 0.3 is 0 Å². The Hall–Kier alpha value is -1.13. The van der Waals surface area contributed by atoms with E-state index in [-0.39, 0.29) is 5.41 Å². The molecule has 0 atom stereocenters. The molecule has 0 aliphatic rings. The van der Waals surface area contributed by atoms with Crippen LogP contribution >= 0.6 is 15.9 Å². The Morgan fingerprint density at radius 3 is 2.60 bits per heavy atom. The summed E-state index contributed by atoms with van der Waals surface area (Å²) in [6.45, 7) is 9.55. The number of imidazole rings is 1. The molecule has 1 aromatic carbocycles. The molecule has 0 saturated heterocycles. The third-order valence-electron chi connectivity index (χ3n) is 3.41. The lowest BCUT2D eigenvalue weighted by Crippen LogP contribution is -2.11. The molecular weight excluding hydrogens is 314 g/mol. The van der Waals surface area contributed by atoms with Crippen molar-refractivity contribution >= 4 is 15.9 Å². The van der Waals surface area contributed by atoms with Gasteiger partial charge in [-0.25, -0.2) is 4.98 Å². The van der Waals surface area contributed by atoms with E-state index >= 15 is 0 Å². The van der Waals surface area contributed by atoms with E-state index in [2.05, 4.69) is 77.1 Å². The highest BCUT2D eigenvalue weighted by Crippen LogP contribution is 2.32. The van der Waals surface area contributed by atoms with Crippen molar-refractivity contribution in [2.75, 3.05) is 7.05 Å². The van der Waals surface area contributed by atoms with Crippen molar-refractivity contribution in [3.63, 3.8) is 0 Å². The van der Waals surface area contributed by atoms with E-state index in [1.54, 1.807) is 0 Å². The van der Waals surface area contributed by atoms with E-state index in [0.29, 0.717) is 0 Å². The van der Waals surface area contributed by atoms with Crippen molar-refractivity contribution in [3.05, 3.63) is 39.8 Å². The molecule has 0 aliphatic heterocycles. The first-order chi connectivity index (χ1) is 9.32. The summed E-state index contributed by atoms with van der Waals surface area (Å²) in [6.07, 6.45) is 0. The van der Waals surface area contributed by atoms with Crippen molar-refractivity contribution in [3.8, 4) is 11.3 Å². The highest BCUT2D eigenvalue weighted by Gasteiger charge is 2.18. The monoisotopic (exact) mass is 335 g/mol. The third-order valence-corrected chi connectivity index (χ3v) is 3.99. The maximum Gasteiger partial charge on any atom is 0.121 e. The fraction of sp³-hybridized carbons (Fsp3) is 0.438. The molecule has 2 N–H and O–H groups in total. The molecule has 0 fully saturated rings. The second kappa shape index (κ2) is 5.70. The van der Waals surface area contributed by atoms with Crippen molar-refractivity contribution in [2.45, 2.75) is 39.7 Å². The minimum atomic E-state index is 0.138. The van der Waals surface area contributed by atoms with Crippen LogP contribution in [0.4, 0.5) is 0 Å². The SMILES string of the molecule is CNCc1nc(-c2cc(C(C)(C)C)ccc2C)c(Br)[nH]1. The highest BCUT2D eigenvalue weighted by molar-refractivity contribution is 9.10. The molecule has 20 heavy (non-hydrogen) atoms. The van der Waals surface area contributed by atoms with Crippen molar-refractivity contribution in [1.29, 1.82) is 0 Å². The van der Waals surface area contributed by atoms with Gasteiger partial charge in [0.25, 0.3) is 0 Å². The van der Waals surface area contributed by atoms with Crippen LogP contribution in [0.2, 0.25) is 0 Å². The van der Waals surface area contributed by atoms with Crippen LogP contribution in [0.1, 0.15) is 37.7 Å². The molecule has 108 valence electrons. The normalized spacial score (nSPS) is 11.9. The van der Waals surface area contributed by atoms with Gasteiger partial charge in [0.1, 0.15) is 16.1 Å². The number of aromatic nitrogens is 2. The lowest BCUT2D eigenvalue weighted by atomic mass is 9.85. The van der Waals surface area contributed by atoms with E-state index in [1.807, 2.05) is 7.05 Å². The summed E-state index contributed by atoms with van der Waals surface area (Å²) in [5.41, 5.74) is 4.87. The molecule has 0 spiro atoms. The second-order valence-corrected chi connectivity index (χ2v) is 6.95.